The van der Waals surface area contributed by atoms with Crippen molar-refractivity contribution in [1.29, 1.82) is 0 Å². The number of hydrogen-bond acceptors (Lipinski definition) is 4. The first-order valence-corrected chi connectivity index (χ1v) is 4.82. The van der Waals surface area contributed by atoms with Gasteiger partial charge in [0.1, 0.15) is 6.04 Å². The Labute approximate surface area is 87.8 Å². The average Bonchev–Trinajstić information content (AvgIpc) is 2.46. The highest BCUT2D eigenvalue weighted by molar-refractivity contribution is 6.00. The second-order valence-electron chi connectivity index (χ2n) is 3.79. The molecule has 0 radical (unpaired) electrons. The third kappa shape index (κ3) is 1.78. The number of nitrogens with one attached hydrogen (secondary N) is 2. The standard InChI is InChI=1S/C10H13N3O2/c1-6-5-13(12-7(6)2)8-3-4-9(14)11-10(8)15/h8,12H,1-5H2,(H,11,14,15). The Morgan fingerprint density at radius 2 is 2.07 bits per heavy atom. The highest BCUT2D eigenvalue weighted by Gasteiger charge is 2.34. The molecular formula is C10H13N3O2. The first kappa shape index (κ1) is 9.92. The van der Waals surface area contributed by atoms with Crippen LogP contribution in [0.1, 0.15) is 12.8 Å². The third-order valence-corrected chi connectivity index (χ3v) is 2.65. The number of nitrogens with zero attached hydrogens (tertiary/aromatic N) is 1. The Morgan fingerprint density at radius 1 is 1.33 bits per heavy atom. The van der Waals surface area contributed by atoms with Crippen molar-refractivity contribution >= 4 is 11.8 Å². The second-order valence-corrected chi connectivity index (χ2v) is 3.79. The van der Waals surface area contributed by atoms with E-state index in [0.29, 0.717) is 19.4 Å². The summed E-state index contributed by atoms with van der Waals surface area (Å²) in [4.78, 5) is 22.5. The number of imide groups is 1. The summed E-state index contributed by atoms with van der Waals surface area (Å²) in [6.07, 6.45) is 0.922. The summed E-state index contributed by atoms with van der Waals surface area (Å²) in [7, 11) is 0. The van der Waals surface area contributed by atoms with Crippen LogP contribution in [0.4, 0.5) is 0 Å². The van der Waals surface area contributed by atoms with E-state index in [4.69, 9.17) is 0 Å². The first-order valence-electron chi connectivity index (χ1n) is 4.82. The number of rotatable bonds is 1. The Bertz CT molecular complexity index is 346. The van der Waals surface area contributed by atoms with E-state index in [-0.39, 0.29) is 17.9 Å². The lowest BCUT2D eigenvalue weighted by Crippen LogP contribution is -2.54. The van der Waals surface area contributed by atoms with Gasteiger partial charge in [0, 0.05) is 18.7 Å². The minimum absolute atomic E-state index is 0.201. The molecule has 1 atom stereocenters. The van der Waals surface area contributed by atoms with E-state index in [9.17, 15) is 9.59 Å². The van der Waals surface area contributed by atoms with Crippen molar-refractivity contribution < 1.29 is 9.59 Å². The van der Waals surface area contributed by atoms with Gasteiger partial charge in [-0.3, -0.25) is 14.9 Å². The molecule has 0 aromatic rings. The monoisotopic (exact) mass is 207 g/mol. The Morgan fingerprint density at radius 3 is 2.60 bits per heavy atom. The predicted molar refractivity (Wildman–Crippen MR) is 54.3 cm³/mol. The van der Waals surface area contributed by atoms with Crippen molar-refractivity contribution in [1.82, 2.24) is 15.8 Å². The van der Waals surface area contributed by atoms with Gasteiger partial charge in [-0.2, -0.15) is 0 Å². The van der Waals surface area contributed by atoms with Gasteiger partial charge >= 0.3 is 0 Å². The van der Waals surface area contributed by atoms with E-state index in [0.717, 1.165) is 11.3 Å². The minimum atomic E-state index is -0.307. The summed E-state index contributed by atoms with van der Waals surface area (Å²) < 4.78 is 0. The van der Waals surface area contributed by atoms with E-state index in [2.05, 4.69) is 23.9 Å². The molecule has 2 fully saturated rings. The van der Waals surface area contributed by atoms with Crippen LogP contribution in [-0.4, -0.2) is 29.4 Å². The van der Waals surface area contributed by atoms with Gasteiger partial charge in [0.15, 0.2) is 0 Å². The molecule has 2 aliphatic rings. The van der Waals surface area contributed by atoms with Gasteiger partial charge in [0.2, 0.25) is 11.8 Å². The second kappa shape index (κ2) is 3.51. The molecule has 1 unspecified atom stereocenters. The summed E-state index contributed by atoms with van der Waals surface area (Å²) >= 11 is 0. The van der Waals surface area contributed by atoms with E-state index in [1.807, 2.05) is 0 Å². The maximum absolute atomic E-state index is 11.5. The van der Waals surface area contributed by atoms with Gasteiger partial charge in [-0.15, -0.1) is 0 Å². The molecule has 2 rings (SSSR count). The molecule has 0 aromatic heterocycles. The predicted octanol–water partition coefficient (Wildman–Crippen LogP) is -0.318. The van der Waals surface area contributed by atoms with Gasteiger partial charge < -0.3 is 5.43 Å². The molecule has 0 bridgehead atoms. The molecule has 2 saturated heterocycles. The van der Waals surface area contributed by atoms with Crippen molar-refractivity contribution in [3.63, 3.8) is 0 Å². The van der Waals surface area contributed by atoms with Crippen LogP contribution in [0, 0.1) is 0 Å². The number of hydrogen-bond donors (Lipinski definition) is 2. The van der Waals surface area contributed by atoms with Crippen LogP contribution in [0.3, 0.4) is 0 Å². The Kier molecular flexibility index (Phi) is 2.32. The fourth-order valence-corrected chi connectivity index (χ4v) is 1.76. The van der Waals surface area contributed by atoms with Crippen molar-refractivity contribution in [3.05, 3.63) is 24.4 Å². The Balaban J connectivity index is 2.06. The van der Waals surface area contributed by atoms with Gasteiger partial charge in [-0.25, -0.2) is 5.01 Å². The number of carbonyl (C=O) groups is 2. The van der Waals surface area contributed by atoms with Crippen molar-refractivity contribution in [3.8, 4) is 0 Å². The number of piperidine rings is 1. The van der Waals surface area contributed by atoms with E-state index in [1.165, 1.54) is 0 Å². The van der Waals surface area contributed by atoms with Crippen LogP contribution in [0.25, 0.3) is 0 Å². The fourth-order valence-electron chi connectivity index (χ4n) is 1.76. The molecule has 2 heterocycles. The summed E-state index contributed by atoms with van der Waals surface area (Å²) in [6, 6.07) is -0.307. The average molecular weight is 207 g/mol. The molecule has 0 spiro atoms. The molecule has 2 amide bonds. The topological polar surface area (TPSA) is 61.4 Å². The van der Waals surface area contributed by atoms with E-state index in [1.54, 1.807) is 5.01 Å². The summed E-state index contributed by atoms with van der Waals surface area (Å²) in [6.45, 7) is 8.16. The molecule has 2 aliphatic heterocycles. The van der Waals surface area contributed by atoms with Crippen LogP contribution in [0.15, 0.2) is 24.4 Å². The lowest BCUT2D eigenvalue weighted by atomic mass is 10.1. The molecule has 5 nitrogen and oxygen atoms in total. The minimum Gasteiger partial charge on any atom is -0.318 e. The maximum Gasteiger partial charge on any atom is 0.245 e. The highest BCUT2D eigenvalue weighted by atomic mass is 16.2. The molecule has 0 saturated carbocycles. The van der Waals surface area contributed by atoms with Crippen LogP contribution in [-0.2, 0) is 9.59 Å². The summed E-state index contributed by atoms with van der Waals surface area (Å²) in [5.41, 5.74) is 4.60. The molecule has 0 aliphatic carbocycles. The zero-order valence-corrected chi connectivity index (χ0v) is 8.38. The SMILES string of the molecule is C=C1CN(C2CCC(=O)NC2=O)NC1=C. The van der Waals surface area contributed by atoms with Crippen LogP contribution >= 0.6 is 0 Å². The molecular weight excluding hydrogens is 194 g/mol. The maximum atomic E-state index is 11.5. The molecule has 15 heavy (non-hydrogen) atoms. The largest absolute Gasteiger partial charge is 0.318 e. The van der Waals surface area contributed by atoms with Crippen LogP contribution in [0.2, 0.25) is 0 Å². The van der Waals surface area contributed by atoms with Gasteiger partial charge in [0.05, 0.1) is 0 Å². The third-order valence-electron chi connectivity index (χ3n) is 2.65. The lowest BCUT2D eigenvalue weighted by Gasteiger charge is -2.28. The normalized spacial score (nSPS) is 27.9. The van der Waals surface area contributed by atoms with Gasteiger partial charge in [-0.1, -0.05) is 13.2 Å². The first-order chi connectivity index (χ1) is 7.08. The Hall–Kier alpha value is -1.62. The summed E-state index contributed by atoms with van der Waals surface area (Å²) in [5.74, 6) is -0.450. The van der Waals surface area contributed by atoms with Crippen molar-refractivity contribution in [2.75, 3.05) is 6.54 Å². The number of hydrazine groups is 1. The van der Waals surface area contributed by atoms with Crippen molar-refractivity contribution in [2.24, 2.45) is 0 Å². The molecule has 5 heteroatoms. The van der Waals surface area contributed by atoms with Gasteiger partial charge in [0.25, 0.3) is 0 Å². The highest BCUT2D eigenvalue weighted by Crippen LogP contribution is 2.19. The zero-order chi connectivity index (χ0) is 11.0. The quantitative estimate of drug-likeness (QED) is 0.579. The smallest absolute Gasteiger partial charge is 0.245 e. The molecule has 2 N–H and O–H groups in total. The van der Waals surface area contributed by atoms with E-state index >= 15 is 0 Å². The zero-order valence-electron chi connectivity index (χ0n) is 8.38. The molecule has 80 valence electrons. The number of carbonyl (C=O) groups excluding carboxylic acids is 2. The van der Waals surface area contributed by atoms with Crippen LogP contribution in [0.5, 0.6) is 0 Å². The molecule has 0 aromatic carbocycles. The lowest BCUT2D eigenvalue weighted by molar-refractivity contribution is -0.137. The summed E-state index contributed by atoms with van der Waals surface area (Å²) in [5, 5.41) is 4.09. The van der Waals surface area contributed by atoms with Crippen LogP contribution < -0.4 is 10.7 Å². The van der Waals surface area contributed by atoms with Crippen molar-refractivity contribution in [2.45, 2.75) is 18.9 Å². The van der Waals surface area contributed by atoms with E-state index < -0.39 is 0 Å². The number of amides is 2. The fraction of sp³-hybridized carbons (Fsp3) is 0.400. The van der Waals surface area contributed by atoms with Gasteiger partial charge in [-0.05, 0) is 12.0 Å².